The molecule has 2 aromatic heterocycles. The lowest BCUT2D eigenvalue weighted by molar-refractivity contribution is 0.102. The highest BCUT2D eigenvalue weighted by Crippen LogP contribution is 2.20. The van der Waals surface area contributed by atoms with Crippen LogP contribution < -0.4 is 5.32 Å². The Morgan fingerprint density at radius 2 is 1.70 bits per heavy atom. The zero-order valence-electron chi connectivity index (χ0n) is 21.7. The van der Waals surface area contributed by atoms with Crippen LogP contribution in [-0.4, -0.2) is 64.0 Å². The highest BCUT2D eigenvalue weighted by atomic mass is 32.2. The molecule has 0 spiro atoms. The van der Waals surface area contributed by atoms with E-state index in [1.165, 1.54) is 0 Å². The van der Waals surface area contributed by atoms with Crippen molar-refractivity contribution in [3.8, 4) is 11.4 Å². The topological polar surface area (TPSA) is 121 Å². The Labute approximate surface area is 232 Å². The summed E-state index contributed by atoms with van der Waals surface area (Å²) in [6.45, 7) is 1.64. The average molecular weight is 553 g/mol. The minimum atomic E-state index is -2.92. The van der Waals surface area contributed by atoms with Crippen molar-refractivity contribution in [2.45, 2.75) is 13.0 Å². The molecule has 9 nitrogen and oxygen atoms in total. The van der Waals surface area contributed by atoms with Gasteiger partial charge in [-0.3, -0.25) is 19.8 Å². The summed E-state index contributed by atoms with van der Waals surface area (Å²) in [7, 11) is -2.92. The SMILES string of the molecule is O=C(Nc1ccc(-c2n[nH]c(Cc3ccc4ccccc4n3)n2)cc1)c1cccc(CN2CCS(=O)(=O)CC2)c1. The molecule has 1 fully saturated rings. The highest BCUT2D eigenvalue weighted by molar-refractivity contribution is 7.91. The van der Waals surface area contributed by atoms with E-state index in [2.05, 4.69) is 31.5 Å². The number of fused-ring (bicyclic) bond motifs is 1. The smallest absolute Gasteiger partial charge is 0.255 e. The molecule has 10 heteroatoms. The van der Waals surface area contributed by atoms with Crippen molar-refractivity contribution < 1.29 is 13.2 Å². The van der Waals surface area contributed by atoms with E-state index in [4.69, 9.17) is 4.98 Å². The highest BCUT2D eigenvalue weighted by Gasteiger charge is 2.21. The number of benzene rings is 3. The molecule has 0 aliphatic carbocycles. The number of aromatic nitrogens is 4. The van der Waals surface area contributed by atoms with E-state index in [-0.39, 0.29) is 17.4 Å². The van der Waals surface area contributed by atoms with Crippen molar-refractivity contribution in [2.75, 3.05) is 29.9 Å². The molecule has 0 unspecified atom stereocenters. The van der Waals surface area contributed by atoms with E-state index >= 15 is 0 Å². The zero-order valence-corrected chi connectivity index (χ0v) is 22.6. The summed E-state index contributed by atoms with van der Waals surface area (Å²) in [5.41, 5.74) is 4.87. The Bertz CT molecular complexity index is 1770. The molecule has 3 aromatic carbocycles. The van der Waals surface area contributed by atoms with Crippen LogP contribution in [0, 0.1) is 0 Å². The van der Waals surface area contributed by atoms with E-state index in [0.717, 1.165) is 33.5 Å². The average Bonchev–Trinajstić information content (AvgIpc) is 3.43. The lowest BCUT2D eigenvalue weighted by Crippen LogP contribution is -2.39. The fourth-order valence-electron chi connectivity index (χ4n) is 4.77. The van der Waals surface area contributed by atoms with Crippen LogP contribution in [0.25, 0.3) is 22.3 Å². The number of nitrogens with one attached hydrogen (secondary N) is 2. The number of aromatic amines is 1. The second-order valence-corrected chi connectivity index (χ2v) is 12.2. The summed E-state index contributed by atoms with van der Waals surface area (Å²) in [6, 6.07) is 26.9. The third-order valence-corrected chi connectivity index (χ3v) is 8.58. The lowest BCUT2D eigenvalue weighted by Gasteiger charge is -2.26. The predicted octanol–water partition coefficient (Wildman–Crippen LogP) is 4.09. The first-order chi connectivity index (χ1) is 19.4. The maximum Gasteiger partial charge on any atom is 0.255 e. The molecule has 6 rings (SSSR count). The van der Waals surface area contributed by atoms with Gasteiger partial charge in [-0.1, -0.05) is 36.4 Å². The molecular formula is C30H28N6O3S. The molecule has 0 atom stereocenters. The summed E-state index contributed by atoms with van der Waals surface area (Å²) < 4.78 is 23.4. The number of carbonyl (C=O) groups excluding carboxylic acids is 1. The Balaban J connectivity index is 1.07. The van der Waals surface area contributed by atoms with Crippen LogP contribution in [0.15, 0.2) is 84.9 Å². The van der Waals surface area contributed by atoms with Crippen LogP contribution in [0.5, 0.6) is 0 Å². The number of hydrogen-bond donors (Lipinski definition) is 2. The van der Waals surface area contributed by atoms with Crippen molar-refractivity contribution in [3.05, 3.63) is 108 Å². The fourth-order valence-corrected chi connectivity index (χ4v) is 6.04. The van der Waals surface area contributed by atoms with E-state index < -0.39 is 9.84 Å². The van der Waals surface area contributed by atoms with Gasteiger partial charge in [-0.25, -0.2) is 13.4 Å². The van der Waals surface area contributed by atoms with Crippen LogP contribution in [0.1, 0.15) is 27.4 Å². The largest absolute Gasteiger partial charge is 0.322 e. The molecule has 202 valence electrons. The molecule has 2 N–H and O–H groups in total. The number of nitrogens with zero attached hydrogens (tertiary/aromatic N) is 4. The van der Waals surface area contributed by atoms with Gasteiger partial charge in [0.05, 0.1) is 17.0 Å². The van der Waals surface area contributed by atoms with E-state index in [0.29, 0.717) is 43.1 Å². The first kappa shape index (κ1) is 25.8. The number of anilines is 1. The van der Waals surface area contributed by atoms with Crippen LogP contribution in [-0.2, 0) is 22.8 Å². The number of pyridine rings is 1. The second kappa shape index (κ2) is 11.0. The van der Waals surface area contributed by atoms with Crippen molar-refractivity contribution >= 4 is 32.3 Å². The lowest BCUT2D eigenvalue weighted by atomic mass is 10.1. The molecule has 1 aliphatic rings. The Hall–Kier alpha value is -4.41. The normalized spacial score (nSPS) is 15.2. The van der Waals surface area contributed by atoms with Crippen molar-refractivity contribution in [1.29, 1.82) is 0 Å². The van der Waals surface area contributed by atoms with Gasteiger partial charge in [0.1, 0.15) is 5.82 Å². The van der Waals surface area contributed by atoms with Crippen molar-refractivity contribution in [2.24, 2.45) is 0 Å². The van der Waals surface area contributed by atoms with Gasteiger partial charge in [0, 0.05) is 53.9 Å². The molecule has 1 amide bonds. The zero-order chi connectivity index (χ0) is 27.5. The molecule has 5 aromatic rings. The molecule has 0 bridgehead atoms. The first-order valence-corrected chi connectivity index (χ1v) is 14.9. The summed E-state index contributed by atoms with van der Waals surface area (Å²) >= 11 is 0. The molecule has 1 saturated heterocycles. The maximum atomic E-state index is 12.9. The molecule has 3 heterocycles. The van der Waals surface area contributed by atoms with Gasteiger partial charge in [-0.05, 0) is 54.1 Å². The minimum Gasteiger partial charge on any atom is -0.322 e. The first-order valence-electron chi connectivity index (χ1n) is 13.1. The number of H-pyrrole nitrogens is 1. The van der Waals surface area contributed by atoms with Crippen molar-refractivity contribution in [1.82, 2.24) is 25.1 Å². The fraction of sp³-hybridized carbons (Fsp3) is 0.200. The van der Waals surface area contributed by atoms with E-state index in [1.54, 1.807) is 6.07 Å². The Morgan fingerprint density at radius 1 is 0.900 bits per heavy atom. The van der Waals surface area contributed by atoms with Gasteiger partial charge in [-0.15, -0.1) is 0 Å². The number of para-hydroxylation sites is 1. The van der Waals surface area contributed by atoms with Gasteiger partial charge in [0.25, 0.3) is 5.91 Å². The molecule has 0 radical (unpaired) electrons. The number of sulfone groups is 1. The second-order valence-electron chi connectivity index (χ2n) is 9.94. The number of hydrogen-bond acceptors (Lipinski definition) is 7. The van der Waals surface area contributed by atoms with Gasteiger partial charge >= 0.3 is 0 Å². The van der Waals surface area contributed by atoms with E-state index in [1.807, 2.05) is 72.8 Å². The Kier molecular flexibility index (Phi) is 7.10. The monoisotopic (exact) mass is 552 g/mol. The molecule has 0 saturated carbocycles. The summed E-state index contributed by atoms with van der Waals surface area (Å²) in [6.07, 6.45) is 0.544. The summed E-state index contributed by atoms with van der Waals surface area (Å²) in [5.74, 6) is 1.45. The standard InChI is InChI=1S/C30H28N6O3S/c37-30(24-6-3-4-21(18-24)20-36-14-16-40(38,39)17-15-36)32-25-11-9-23(10-12-25)29-33-28(34-35-29)19-26-13-8-22-5-1-2-7-27(22)31-26/h1-13,18H,14-17,19-20H2,(H,32,37)(H,33,34,35). The van der Waals surface area contributed by atoms with Gasteiger partial charge < -0.3 is 5.32 Å². The predicted molar refractivity (Wildman–Crippen MR) is 155 cm³/mol. The van der Waals surface area contributed by atoms with Gasteiger partial charge in [0.15, 0.2) is 15.7 Å². The van der Waals surface area contributed by atoms with Crippen LogP contribution in [0.3, 0.4) is 0 Å². The summed E-state index contributed by atoms with van der Waals surface area (Å²) in [5, 5.41) is 11.4. The number of carbonyl (C=O) groups is 1. The molecule has 1 aliphatic heterocycles. The van der Waals surface area contributed by atoms with Crippen LogP contribution in [0.4, 0.5) is 5.69 Å². The quantitative estimate of drug-likeness (QED) is 0.312. The molecular weight excluding hydrogens is 524 g/mol. The molecule has 40 heavy (non-hydrogen) atoms. The number of amides is 1. The third-order valence-electron chi connectivity index (χ3n) is 6.97. The minimum absolute atomic E-state index is 0.180. The number of rotatable bonds is 7. The Morgan fingerprint density at radius 3 is 2.52 bits per heavy atom. The maximum absolute atomic E-state index is 12.9. The van der Waals surface area contributed by atoms with Gasteiger partial charge in [0.2, 0.25) is 0 Å². The van der Waals surface area contributed by atoms with Crippen molar-refractivity contribution in [3.63, 3.8) is 0 Å². The van der Waals surface area contributed by atoms with Gasteiger partial charge in [-0.2, -0.15) is 5.10 Å². The van der Waals surface area contributed by atoms with Crippen LogP contribution in [0.2, 0.25) is 0 Å². The van der Waals surface area contributed by atoms with Crippen LogP contribution >= 0.6 is 0 Å². The third kappa shape index (κ3) is 6.08. The van der Waals surface area contributed by atoms with E-state index in [9.17, 15) is 13.2 Å². The summed E-state index contributed by atoms with van der Waals surface area (Å²) in [4.78, 5) is 24.4.